The summed E-state index contributed by atoms with van der Waals surface area (Å²) in [5, 5.41) is 7.59. The third-order valence-corrected chi connectivity index (χ3v) is 3.94. The van der Waals surface area contributed by atoms with Crippen LogP contribution in [-0.4, -0.2) is 24.0 Å². The van der Waals surface area contributed by atoms with Crippen molar-refractivity contribution in [1.82, 2.24) is 15.6 Å². The van der Waals surface area contributed by atoms with Crippen molar-refractivity contribution >= 4 is 17.3 Å². The third kappa shape index (κ3) is 5.84. The molecule has 0 aliphatic heterocycles. The van der Waals surface area contributed by atoms with Gasteiger partial charge in [0.15, 0.2) is 11.7 Å². The van der Waals surface area contributed by atoms with E-state index >= 15 is 0 Å². The van der Waals surface area contributed by atoms with Crippen LogP contribution in [-0.2, 0) is 19.1 Å². The summed E-state index contributed by atoms with van der Waals surface area (Å²) in [6, 6.07) is 10.0. The molecule has 2 rings (SSSR count). The molecule has 0 saturated carbocycles. The van der Waals surface area contributed by atoms with Crippen molar-refractivity contribution in [3.63, 3.8) is 0 Å². The Hall–Kier alpha value is -2.09. The molecule has 4 nitrogen and oxygen atoms in total. The highest BCUT2D eigenvalue weighted by Gasteiger charge is 2.33. The van der Waals surface area contributed by atoms with Crippen molar-refractivity contribution in [2.24, 2.45) is 4.99 Å². The minimum absolute atomic E-state index is 0.113. The predicted octanol–water partition coefficient (Wildman–Crippen LogP) is 3.46. The van der Waals surface area contributed by atoms with Crippen LogP contribution in [0.5, 0.6) is 0 Å². The highest BCUT2D eigenvalue weighted by atomic mass is 32.1. The van der Waals surface area contributed by atoms with Crippen LogP contribution in [0.2, 0.25) is 0 Å². The topological polar surface area (TPSA) is 49.3 Å². The van der Waals surface area contributed by atoms with Crippen molar-refractivity contribution in [3.05, 3.63) is 52.0 Å². The van der Waals surface area contributed by atoms with Gasteiger partial charge >= 0.3 is 6.18 Å². The summed E-state index contributed by atoms with van der Waals surface area (Å²) in [5.74, 6) is 0.567. The molecule has 0 atom stereocenters. The van der Waals surface area contributed by atoms with Crippen molar-refractivity contribution in [2.45, 2.75) is 26.1 Å². The Morgan fingerprint density at radius 1 is 1.21 bits per heavy atom. The monoisotopic (exact) mass is 356 g/mol. The van der Waals surface area contributed by atoms with E-state index in [-0.39, 0.29) is 6.54 Å². The molecule has 8 heteroatoms. The lowest BCUT2D eigenvalue weighted by Gasteiger charge is -2.10. The first-order chi connectivity index (χ1) is 11.5. The fraction of sp³-hybridized carbons (Fsp3) is 0.375. The van der Waals surface area contributed by atoms with Gasteiger partial charge in [-0.05, 0) is 18.9 Å². The Labute approximate surface area is 142 Å². The zero-order valence-electron chi connectivity index (χ0n) is 13.2. The molecule has 1 heterocycles. The highest BCUT2D eigenvalue weighted by Crippen LogP contribution is 2.30. The zero-order chi connectivity index (χ0) is 17.4. The maximum absolute atomic E-state index is 12.5. The Morgan fingerprint density at radius 2 is 1.96 bits per heavy atom. The summed E-state index contributed by atoms with van der Waals surface area (Å²) in [6.07, 6.45) is -3.57. The molecule has 0 aliphatic carbocycles. The average molecular weight is 356 g/mol. The lowest BCUT2D eigenvalue weighted by Crippen LogP contribution is -2.38. The summed E-state index contributed by atoms with van der Waals surface area (Å²) in [6.45, 7) is 3.39. The van der Waals surface area contributed by atoms with Crippen molar-refractivity contribution in [3.8, 4) is 0 Å². The Morgan fingerprint density at radius 3 is 2.58 bits per heavy atom. The van der Waals surface area contributed by atoms with Gasteiger partial charge in [-0.15, -0.1) is 11.3 Å². The SMILES string of the molecule is CCNC(=NCc1nc(C(F)(F)F)cs1)NCCc1ccccc1. The van der Waals surface area contributed by atoms with Crippen LogP contribution in [0.15, 0.2) is 40.7 Å². The lowest BCUT2D eigenvalue weighted by atomic mass is 10.1. The molecule has 1 aromatic heterocycles. The highest BCUT2D eigenvalue weighted by molar-refractivity contribution is 7.09. The molecular formula is C16H19F3N4S. The van der Waals surface area contributed by atoms with Gasteiger partial charge in [0.25, 0.3) is 0 Å². The van der Waals surface area contributed by atoms with E-state index in [0.29, 0.717) is 24.1 Å². The minimum Gasteiger partial charge on any atom is -0.357 e. The van der Waals surface area contributed by atoms with Crippen LogP contribution < -0.4 is 10.6 Å². The second-order valence-corrected chi connectivity index (χ2v) is 5.92. The molecule has 2 N–H and O–H groups in total. The molecule has 130 valence electrons. The van der Waals surface area contributed by atoms with Gasteiger partial charge < -0.3 is 10.6 Å². The smallest absolute Gasteiger partial charge is 0.357 e. The molecular weight excluding hydrogens is 337 g/mol. The first kappa shape index (κ1) is 18.3. The van der Waals surface area contributed by atoms with Gasteiger partial charge in [0, 0.05) is 18.5 Å². The zero-order valence-corrected chi connectivity index (χ0v) is 14.0. The number of hydrogen-bond donors (Lipinski definition) is 2. The van der Waals surface area contributed by atoms with Crippen molar-refractivity contribution in [2.75, 3.05) is 13.1 Å². The summed E-state index contributed by atoms with van der Waals surface area (Å²) in [5.41, 5.74) is 0.343. The number of alkyl halides is 3. The normalized spacial score (nSPS) is 12.2. The molecule has 0 amide bonds. The second kappa shape index (κ2) is 8.68. The lowest BCUT2D eigenvalue weighted by molar-refractivity contribution is -0.140. The number of halogens is 3. The van der Waals surface area contributed by atoms with Gasteiger partial charge in [0.05, 0.1) is 6.54 Å². The van der Waals surface area contributed by atoms with Gasteiger partial charge in [-0.1, -0.05) is 30.3 Å². The molecule has 0 spiro atoms. The first-order valence-corrected chi connectivity index (χ1v) is 8.44. The molecule has 1 aromatic carbocycles. The van der Waals surface area contributed by atoms with Crippen LogP contribution in [0.1, 0.15) is 23.2 Å². The number of nitrogens with one attached hydrogen (secondary N) is 2. The quantitative estimate of drug-likeness (QED) is 0.616. The van der Waals surface area contributed by atoms with Crippen molar-refractivity contribution in [1.29, 1.82) is 0 Å². The standard InChI is InChI=1S/C16H19F3N4S/c1-2-20-15(21-9-8-12-6-4-3-5-7-12)22-10-14-23-13(11-24-14)16(17,18)19/h3-7,11H,2,8-10H2,1H3,(H2,20,21,22). The number of aliphatic imine (C=N–C) groups is 1. The fourth-order valence-corrected chi connectivity index (χ4v) is 2.70. The predicted molar refractivity (Wildman–Crippen MR) is 90.1 cm³/mol. The van der Waals surface area contributed by atoms with E-state index in [1.807, 2.05) is 37.3 Å². The molecule has 24 heavy (non-hydrogen) atoms. The fourth-order valence-electron chi connectivity index (χ4n) is 1.97. The van der Waals surface area contributed by atoms with Crippen LogP contribution in [0.3, 0.4) is 0 Å². The van der Waals surface area contributed by atoms with Crippen molar-refractivity contribution < 1.29 is 13.2 Å². The van der Waals surface area contributed by atoms with Gasteiger partial charge in [-0.2, -0.15) is 13.2 Å². The van der Waals surface area contributed by atoms with Crippen LogP contribution in [0.4, 0.5) is 13.2 Å². The number of rotatable bonds is 6. The summed E-state index contributed by atoms with van der Waals surface area (Å²) >= 11 is 0.963. The number of benzene rings is 1. The number of nitrogens with zero attached hydrogens (tertiary/aromatic N) is 2. The largest absolute Gasteiger partial charge is 0.434 e. The van der Waals surface area contributed by atoms with Crippen LogP contribution in [0, 0.1) is 0 Å². The number of guanidine groups is 1. The van der Waals surface area contributed by atoms with E-state index in [1.165, 1.54) is 5.56 Å². The Balaban J connectivity index is 1.89. The minimum atomic E-state index is -4.41. The second-order valence-electron chi connectivity index (χ2n) is 4.98. The first-order valence-electron chi connectivity index (χ1n) is 7.56. The van der Waals surface area contributed by atoms with Gasteiger partial charge in [-0.25, -0.2) is 9.98 Å². The number of aromatic nitrogens is 1. The van der Waals surface area contributed by atoms with Gasteiger partial charge in [0.1, 0.15) is 5.01 Å². The Bertz CT molecular complexity index is 653. The Kier molecular flexibility index (Phi) is 6.60. The third-order valence-electron chi connectivity index (χ3n) is 3.11. The van der Waals surface area contributed by atoms with E-state index in [4.69, 9.17) is 0 Å². The summed E-state index contributed by atoms with van der Waals surface area (Å²) < 4.78 is 37.6. The van der Waals surface area contributed by atoms with Gasteiger partial charge in [0.2, 0.25) is 0 Å². The summed E-state index contributed by atoms with van der Waals surface area (Å²) in [4.78, 5) is 7.86. The molecule has 0 unspecified atom stereocenters. The molecule has 0 bridgehead atoms. The van der Waals surface area contributed by atoms with E-state index < -0.39 is 11.9 Å². The maximum Gasteiger partial charge on any atom is 0.434 e. The average Bonchev–Trinajstić information content (AvgIpc) is 3.03. The van der Waals surface area contributed by atoms with Crippen LogP contribution in [0.25, 0.3) is 0 Å². The summed E-state index contributed by atoms with van der Waals surface area (Å²) in [7, 11) is 0. The van der Waals surface area contributed by atoms with E-state index in [9.17, 15) is 13.2 Å². The molecule has 0 fully saturated rings. The maximum atomic E-state index is 12.5. The van der Waals surface area contributed by atoms with E-state index in [1.54, 1.807) is 0 Å². The van der Waals surface area contributed by atoms with Gasteiger partial charge in [-0.3, -0.25) is 0 Å². The van der Waals surface area contributed by atoms with E-state index in [2.05, 4.69) is 20.6 Å². The molecule has 0 radical (unpaired) electrons. The number of thiazole rings is 1. The molecule has 2 aromatic rings. The number of hydrogen-bond acceptors (Lipinski definition) is 3. The van der Waals surface area contributed by atoms with Crippen LogP contribution >= 0.6 is 11.3 Å². The molecule has 0 aliphatic rings. The van der Waals surface area contributed by atoms with E-state index in [0.717, 1.165) is 23.1 Å². The molecule has 0 saturated heterocycles.